The summed E-state index contributed by atoms with van der Waals surface area (Å²) >= 11 is 6.22. The van der Waals surface area contributed by atoms with Gasteiger partial charge in [-0.2, -0.15) is 0 Å². The van der Waals surface area contributed by atoms with Crippen molar-refractivity contribution in [2.24, 2.45) is 0 Å². The van der Waals surface area contributed by atoms with Gasteiger partial charge in [0.05, 0.1) is 25.3 Å². The number of esters is 1. The predicted octanol–water partition coefficient (Wildman–Crippen LogP) is 2.98. The maximum atomic E-state index is 12.1. The number of carbonyl (C=O) groups excluding carboxylic acids is 2. The molecule has 0 saturated carbocycles. The number of hydrogen-bond acceptors (Lipinski definition) is 6. The zero-order valence-electron chi connectivity index (χ0n) is 15.3. The van der Waals surface area contributed by atoms with Crippen LogP contribution in [0.3, 0.4) is 0 Å². The SMILES string of the molecule is COc1cccc(C(=O)NCC(=O)OCc2cc(Cl)c3c(c2)OCCCO3)c1. The van der Waals surface area contributed by atoms with E-state index in [0.717, 1.165) is 6.42 Å². The van der Waals surface area contributed by atoms with Gasteiger partial charge in [-0.15, -0.1) is 0 Å². The average Bonchev–Trinajstić information content (AvgIpc) is 2.96. The standard InChI is InChI=1S/C20H20ClNO6/c1-25-15-5-2-4-14(10-15)20(24)22-11-18(23)28-12-13-8-16(21)19-17(9-13)26-6-3-7-27-19/h2,4-5,8-10H,3,6-7,11-12H2,1H3,(H,22,24). The molecule has 1 aliphatic rings. The van der Waals surface area contributed by atoms with Gasteiger partial charge in [0.15, 0.2) is 11.5 Å². The fourth-order valence-electron chi connectivity index (χ4n) is 2.60. The first-order valence-electron chi connectivity index (χ1n) is 8.72. The molecule has 0 radical (unpaired) electrons. The Hall–Kier alpha value is -2.93. The lowest BCUT2D eigenvalue weighted by Crippen LogP contribution is -2.30. The van der Waals surface area contributed by atoms with E-state index in [1.54, 1.807) is 36.4 Å². The molecule has 0 aromatic heterocycles. The molecule has 0 atom stereocenters. The van der Waals surface area contributed by atoms with Crippen molar-refractivity contribution in [2.75, 3.05) is 26.9 Å². The van der Waals surface area contributed by atoms with E-state index in [1.807, 2.05) is 0 Å². The molecule has 0 aliphatic carbocycles. The minimum absolute atomic E-state index is 0.00419. The Bertz CT molecular complexity index is 870. The molecule has 0 bridgehead atoms. The largest absolute Gasteiger partial charge is 0.497 e. The summed E-state index contributed by atoms with van der Waals surface area (Å²) in [6.07, 6.45) is 0.766. The number of benzene rings is 2. The first-order valence-corrected chi connectivity index (χ1v) is 9.10. The van der Waals surface area contributed by atoms with Crippen molar-refractivity contribution >= 4 is 23.5 Å². The van der Waals surface area contributed by atoms with Gasteiger partial charge in [-0.1, -0.05) is 17.7 Å². The summed E-state index contributed by atoms with van der Waals surface area (Å²) in [7, 11) is 1.51. The summed E-state index contributed by atoms with van der Waals surface area (Å²) in [4.78, 5) is 24.1. The Morgan fingerprint density at radius 3 is 2.82 bits per heavy atom. The second-order valence-corrected chi connectivity index (χ2v) is 6.44. The summed E-state index contributed by atoms with van der Waals surface area (Å²) in [5.74, 6) is 0.623. The van der Waals surface area contributed by atoms with Gasteiger partial charge in [-0.3, -0.25) is 9.59 Å². The number of carbonyl (C=O) groups is 2. The maximum absolute atomic E-state index is 12.1. The molecule has 1 amide bonds. The lowest BCUT2D eigenvalue weighted by molar-refractivity contribution is -0.143. The number of halogens is 1. The van der Waals surface area contributed by atoms with E-state index in [0.29, 0.717) is 46.6 Å². The lowest BCUT2D eigenvalue weighted by Gasteiger charge is -2.12. The van der Waals surface area contributed by atoms with Crippen LogP contribution in [0.15, 0.2) is 36.4 Å². The summed E-state index contributed by atoms with van der Waals surface area (Å²) in [6, 6.07) is 10.0. The minimum Gasteiger partial charge on any atom is -0.497 e. The molecule has 2 aromatic rings. The van der Waals surface area contributed by atoms with Gasteiger partial charge in [0.25, 0.3) is 5.91 Å². The number of rotatable bonds is 6. The first kappa shape index (κ1) is 19.8. The molecule has 0 unspecified atom stereocenters. The van der Waals surface area contributed by atoms with Gasteiger partial charge >= 0.3 is 5.97 Å². The number of nitrogens with one attached hydrogen (secondary N) is 1. The molecule has 0 saturated heterocycles. The quantitative estimate of drug-likeness (QED) is 0.744. The lowest BCUT2D eigenvalue weighted by atomic mass is 10.2. The van der Waals surface area contributed by atoms with E-state index < -0.39 is 11.9 Å². The number of hydrogen-bond donors (Lipinski definition) is 1. The molecule has 1 aliphatic heterocycles. The molecular formula is C20H20ClNO6. The summed E-state index contributed by atoms with van der Waals surface area (Å²) < 4.78 is 21.4. The Balaban J connectivity index is 1.52. The topological polar surface area (TPSA) is 83.1 Å². The van der Waals surface area contributed by atoms with Crippen molar-refractivity contribution in [3.05, 3.63) is 52.5 Å². The van der Waals surface area contributed by atoms with Gasteiger partial charge in [-0.05, 0) is 35.9 Å². The zero-order chi connectivity index (χ0) is 19.9. The van der Waals surface area contributed by atoms with E-state index in [9.17, 15) is 9.59 Å². The van der Waals surface area contributed by atoms with Crippen LogP contribution < -0.4 is 19.5 Å². The normalized spacial score (nSPS) is 12.6. The van der Waals surface area contributed by atoms with Crippen LogP contribution in [0.5, 0.6) is 17.2 Å². The fraction of sp³-hybridized carbons (Fsp3) is 0.300. The van der Waals surface area contributed by atoms with Crippen LogP contribution in [0.4, 0.5) is 0 Å². The molecule has 3 rings (SSSR count). The molecule has 0 fully saturated rings. The molecular weight excluding hydrogens is 386 g/mol. The van der Waals surface area contributed by atoms with Gasteiger partial charge in [0.1, 0.15) is 18.9 Å². The van der Waals surface area contributed by atoms with E-state index in [1.165, 1.54) is 7.11 Å². The van der Waals surface area contributed by atoms with Crippen LogP contribution >= 0.6 is 11.6 Å². The highest BCUT2D eigenvalue weighted by atomic mass is 35.5. The van der Waals surface area contributed by atoms with Gasteiger partial charge in [0.2, 0.25) is 0 Å². The number of ether oxygens (including phenoxy) is 4. The molecule has 28 heavy (non-hydrogen) atoms. The molecule has 1 heterocycles. The van der Waals surface area contributed by atoms with Crippen LogP contribution in [0.1, 0.15) is 22.3 Å². The van der Waals surface area contributed by atoms with E-state index in [4.69, 9.17) is 30.5 Å². The Labute approximate surface area is 167 Å². The molecule has 2 aromatic carbocycles. The average molecular weight is 406 g/mol. The van der Waals surface area contributed by atoms with Crippen LogP contribution in [-0.4, -0.2) is 38.7 Å². The van der Waals surface area contributed by atoms with Crippen molar-refractivity contribution in [1.29, 1.82) is 0 Å². The predicted molar refractivity (Wildman–Crippen MR) is 102 cm³/mol. The Morgan fingerprint density at radius 2 is 2.00 bits per heavy atom. The second kappa shape index (κ2) is 9.32. The van der Waals surface area contributed by atoms with E-state index >= 15 is 0 Å². The van der Waals surface area contributed by atoms with Crippen molar-refractivity contribution < 1.29 is 28.5 Å². The van der Waals surface area contributed by atoms with Crippen molar-refractivity contribution in [1.82, 2.24) is 5.32 Å². The van der Waals surface area contributed by atoms with Gasteiger partial charge < -0.3 is 24.3 Å². The zero-order valence-corrected chi connectivity index (χ0v) is 16.1. The molecule has 8 heteroatoms. The highest BCUT2D eigenvalue weighted by Gasteiger charge is 2.16. The van der Waals surface area contributed by atoms with E-state index in [-0.39, 0.29) is 13.2 Å². The minimum atomic E-state index is -0.570. The molecule has 1 N–H and O–H groups in total. The van der Waals surface area contributed by atoms with Crippen LogP contribution in [0.25, 0.3) is 0 Å². The number of fused-ring (bicyclic) bond motifs is 1. The van der Waals surface area contributed by atoms with Crippen LogP contribution in [-0.2, 0) is 16.1 Å². The summed E-state index contributed by atoms with van der Waals surface area (Å²) in [5.41, 5.74) is 1.06. The molecule has 7 nitrogen and oxygen atoms in total. The summed E-state index contributed by atoms with van der Waals surface area (Å²) in [6.45, 7) is 0.815. The van der Waals surface area contributed by atoms with Crippen molar-refractivity contribution in [3.63, 3.8) is 0 Å². The Morgan fingerprint density at radius 1 is 1.18 bits per heavy atom. The number of methoxy groups -OCH3 is 1. The van der Waals surface area contributed by atoms with Gasteiger partial charge in [-0.25, -0.2) is 0 Å². The van der Waals surface area contributed by atoms with E-state index in [2.05, 4.69) is 5.32 Å². The van der Waals surface area contributed by atoms with Crippen molar-refractivity contribution in [2.45, 2.75) is 13.0 Å². The third-order valence-electron chi connectivity index (χ3n) is 3.99. The fourth-order valence-corrected chi connectivity index (χ4v) is 2.89. The maximum Gasteiger partial charge on any atom is 0.325 e. The van der Waals surface area contributed by atoms with Crippen LogP contribution in [0, 0.1) is 0 Å². The first-order chi connectivity index (χ1) is 13.6. The highest BCUT2D eigenvalue weighted by Crippen LogP contribution is 2.38. The van der Waals surface area contributed by atoms with Crippen LogP contribution in [0.2, 0.25) is 5.02 Å². The smallest absolute Gasteiger partial charge is 0.325 e. The molecule has 0 spiro atoms. The monoisotopic (exact) mass is 405 g/mol. The highest BCUT2D eigenvalue weighted by molar-refractivity contribution is 6.32. The Kier molecular flexibility index (Phi) is 6.60. The third-order valence-corrected chi connectivity index (χ3v) is 4.27. The summed E-state index contributed by atoms with van der Waals surface area (Å²) in [5, 5.41) is 2.92. The van der Waals surface area contributed by atoms with Crippen molar-refractivity contribution in [3.8, 4) is 17.2 Å². The number of amides is 1. The second-order valence-electron chi connectivity index (χ2n) is 6.03. The molecule has 148 valence electrons. The van der Waals surface area contributed by atoms with Gasteiger partial charge in [0, 0.05) is 12.0 Å². The third kappa shape index (κ3) is 5.07.